The summed E-state index contributed by atoms with van der Waals surface area (Å²) in [5.41, 5.74) is 3.31. The molecule has 1 saturated heterocycles. The summed E-state index contributed by atoms with van der Waals surface area (Å²) in [6.45, 7) is 1.77. The zero-order valence-corrected chi connectivity index (χ0v) is 20.3. The molecule has 7 nitrogen and oxygen atoms in total. The van der Waals surface area contributed by atoms with Crippen LogP contribution in [0.25, 0.3) is 11.3 Å². The summed E-state index contributed by atoms with van der Waals surface area (Å²) in [5.74, 6) is -0.320. The van der Waals surface area contributed by atoms with Crippen LogP contribution in [-0.2, 0) is 14.2 Å². The summed E-state index contributed by atoms with van der Waals surface area (Å²) < 4.78 is 17.7. The Balaban J connectivity index is 1.37. The minimum Gasteiger partial charge on any atom is -0.459 e. The fourth-order valence-electron chi connectivity index (χ4n) is 4.29. The van der Waals surface area contributed by atoms with E-state index in [1.54, 1.807) is 48.5 Å². The van der Waals surface area contributed by atoms with Gasteiger partial charge in [0, 0.05) is 12.0 Å². The van der Waals surface area contributed by atoms with Crippen molar-refractivity contribution >= 4 is 11.9 Å². The summed E-state index contributed by atoms with van der Waals surface area (Å²) in [6.07, 6.45) is -1.37. The van der Waals surface area contributed by atoms with E-state index in [4.69, 9.17) is 14.2 Å². The van der Waals surface area contributed by atoms with Crippen molar-refractivity contribution in [3.8, 4) is 11.3 Å². The molecule has 0 radical (unpaired) electrons. The quantitative estimate of drug-likeness (QED) is 0.319. The van der Waals surface area contributed by atoms with E-state index in [9.17, 15) is 9.59 Å². The molecule has 0 spiro atoms. The lowest BCUT2D eigenvalue weighted by atomic mass is 10.1. The molecule has 1 aliphatic rings. The molecule has 0 bridgehead atoms. The van der Waals surface area contributed by atoms with Crippen molar-refractivity contribution in [1.29, 1.82) is 0 Å². The van der Waals surface area contributed by atoms with Gasteiger partial charge in [0.15, 0.2) is 0 Å². The molecule has 1 aromatic heterocycles. The Kier molecular flexibility index (Phi) is 7.33. The number of nitrogens with zero attached hydrogens (tertiary/aromatic N) is 2. The van der Waals surface area contributed by atoms with Crippen LogP contribution in [0.1, 0.15) is 44.8 Å². The third-order valence-corrected chi connectivity index (χ3v) is 6.11. The standard InChI is InChI=1S/C30H26N2O5/c1-20-31-24(21-11-5-2-6-12-21)17-25(32-20)26-18-27(37-30(34)23-15-9-4-10-16-23)28(36-26)19-35-29(33)22-13-7-3-8-14-22/h2-17,26-28H,18-19H2,1H3/t26-,27+,28-/m1/s1. The van der Waals surface area contributed by atoms with Crippen LogP contribution >= 0.6 is 0 Å². The number of esters is 2. The topological polar surface area (TPSA) is 87.6 Å². The second kappa shape index (κ2) is 11.1. The lowest BCUT2D eigenvalue weighted by Gasteiger charge is -2.19. The predicted octanol–water partition coefficient (Wildman–Crippen LogP) is 5.36. The third-order valence-electron chi connectivity index (χ3n) is 6.11. The number of aryl methyl sites for hydroxylation is 1. The molecule has 0 saturated carbocycles. The zero-order chi connectivity index (χ0) is 25.6. The highest BCUT2D eigenvalue weighted by atomic mass is 16.6. The van der Waals surface area contributed by atoms with E-state index in [0.717, 1.165) is 11.3 Å². The number of carbonyl (C=O) groups excluding carboxylic acids is 2. The monoisotopic (exact) mass is 494 g/mol. The van der Waals surface area contributed by atoms with Crippen molar-refractivity contribution in [2.45, 2.75) is 31.7 Å². The van der Waals surface area contributed by atoms with Gasteiger partial charge in [0.2, 0.25) is 0 Å². The fraction of sp³-hybridized carbons (Fsp3) is 0.200. The highest BCUT2D eigenvalue weighted by Crippen LogP contribution is 2.36. The maximum absolute atomic E-state index is 12.8. The van der Waals surface area contributed by atoms with Gasteiger partial charge in [0.25, 0.3) is 0 Å². The number of aromatic nitrogens is 2. The smallest absolute Gasteiger partial charge is 0.338 e. The molecular formula is C30H26N2O5. The molecule has 37 heavy (non-hydrogen) atoms. The normalized spacial score (nSPS) is 18.8. The lowest BCUT2D eigenvalue weighted by Crippen LogP contribution is -2.32. The summed E-state index contributed by atoms with van der Waals surface area (Å²) in [6, 6.07) is 29.2. The fourth-order valence-corrected chi connectivity index (χ4v) is 4.29. The van der Waals surface area contributed by atoms with Gasteiger partial charge in [-0.2, -0.15) is 0 Å². The Morgan fingerprint density at radius 1 is 0.838 bits per heavy atom. The lowest BCUT2D eigenvalue weighted by molar-refractivity contribution is -0.0433. The Labute approximate surface area is 215 Å². The summed E-state index contributed by atoms with van der Waals surface area (Å²) >= 11 is 0. The zero-order valence-electron chi connectivity index (χ0n) is 20.3. The minimum atomic E-state index is -0.652. The van der Waals surface area contributed by atoms with Crippen molar-refractivity contribution in [2.24, 2.45) is 0 Å². The molecule has 4 aromatic rings. The van der Waals surface area contributed by atoms with Gasteiger partial charge in [0.05, 0.1) is 22.5 Å². The number of rotatable bonds is 7. The van der Waals surface area contributed by atoms with E-state index < -0.39 is 30.3 Å². The summed E-state index contributed by atoms with van der Waals surface area (Å²) in [4.78, 5) is 34.6. The van der Waals surface area contributed by atoms with E-state index in [2.05, 4.69) is 9.97 Å². The van der Waals surface area contributed by atoms with E-state index >= 15 is 0 Å². The highest BCUT2D eigenvalue weighted by Gasteiger charge is 2.40. The van der Waals surface area contributed by atoms with Gasteiger partial charge in [-0.15, -0.1) is 0 Å². The largest absolute Gasteiger partial charge is 0.459 e. The third kappa shape index (κ3) is 5.90. The molecule has 1 aliphatic heterocycles. The molecule has 0 amide bonds. The van der Waals surface area contributed by atoms with Gasteiger partial charge < -0.3 is 14.2 Å². The molecule has 3 aromatic carbocycles. The molecular weight excluding hydrogens is 468 g/mol. The number of ether oxygens (including phenoxy) is 3. The molecule has 2 heterocycles. The number of benzene rings is 3. The van der Waals surface area contributed by atoms with Crippen molar-refractivity contribution in [3.63, 3.8) is 0 Å². The molecule has 3 atom stereocenters. The van der Waals surface area contributed by atoms with E-state index in [0.29, 0.717) is 29.1 Å². The average Bonchev–Trinajstić information content (AvgIpc) is 3.35. The van der Waals surface area contributed by atoms with Gasteiger partial charge in [0.1, 0.15) is 30.7 Å². The second-order valence-electron chi connectivity index (χ2n) is 8.76. The van der Waals surface area contributed by atoms with Crippen LogP contribution in [-0.4, -0.2) is 40.7 Å². The van der Waals surface area contributed by atoms with E-state index in [1.165, 1.54) is 0 Å². The SMILES string of the molecule is Cc1nc(-c2ccccc2)cc([C@H]2C[C@H](OC(=O)c3ccccc3)[C@@H](COC(=O)c3ccccc3)O2)n1. The van der Waals surface area contributed by atoms with Crippen molar-refractivity contribution in [3.05, 3.63) is 120 Å². The van der Waals surface area contributed by atoms with E-state index in [1.807, 2.05) is 55.5 Å². The van der Waals surface area contributed by atoms with Gasteiger partial charge in [-0.3, -0.25) is 0 Å². The second-order valence-corrected chi connectivity index (χ2v) is 8.76. The Bertz CT molecular complexity index is 1360. The van der Waals surface area contributed by atoms with E-state index in [-0.39, 0.29) is 6.61 Å². The van der Waals surface area contributed by atoms with Crippen LogP contribution in [0.2, 0.25) is 0 Å². The van der Waals surface area contributed by atoms with Crippen LogP contribution in [0, 0.1) is 6.92 Å². The van der Waals surface area contributed by atoms with Crippen LogP contribution in [0.4, 0.5) is 0 Å². The number of hydrogen-bond acceptors (Lipinski definition) is 7. The minimum absolute atomic E-state index is 0.0629. The molecule has 186 valence electrons. The number of hydrogen-bond donors (Lipinski definition) is 0. The predicted molar refractivity (Wildman–Crippen MR) is 137 cm³/mol. The molecule has 7 heteroatoms. The van der Waals surface area contributed by atoms with Crippen molar-refractivity contribution < 1.29 is 23.8 Å². The molecule has 0 aliphatic carbocycles. The van der Waals surface area contributed by atoms with Crippen LogP contribution in [0.5, 0.6) is 0 Å². The Morgan fingerprint density at radius 3 is 2.08 bits per heavy atom. The first-order valence-corrected chi connectivity index (χ1v) is 12.1. The molecule has 0 unspecified atom stereocenters. The van der Waals surface area contributed by atoms with Gasteiger partial charge >= 0.3 is 11.9 Å². The molecule has 1 fully saturated rings. The first-order chi connectivity index (χ1) is 18.1. The highest BCUT2D eigenvalue weighted by molar-refractivity contribution is 5.90. The van der Waals surface area contributed by atoms with Crippen LogP contribution < -0.4 is 0 Å². The first kappa shape index (κ1) is 24.3. The van der Waals surface area contributed by atoms with Crippen LogP contribution in [0.3, 0.4) is 0 Å². The van der Waals surface area contributed by atoms with Crippen molar-refractivity contribution in [1.82, 2.24) is 9.97 Å². The van der Waals surface area contributed by atoms with Gasteiger partial charge in [-0.25, -0.2) is 19.6 Å². The maximum Gasteiger partial charge on any atom is 0.338 e. The number of carbonyl (C=O) groups is 2. The summed E-state index contributed by atoms with van der Waals surface area (Å²) in [7, 11) is 0. The van der Waals surface area contributed by atoms with Crippen LogP contribution in [0.15, 0.2) is 97.1 Å². The Morgan fingerprint density at radius 2 is 1.43 bits per heavy atom. The maximum atomic E-state index is 12.8. The average molecular weight is 495 g/mol. The van der Waals surface area contributed by atoms with Gasteiger partial charge in [-0.1, -0.05) is 66.7 Å². The van der Waals surface area contributed by atoms with Gasteiger partial charge in [-0.05, 0) is 37.3 Å². The molecule has 5 rings (SSSR count). The molecule has 0 N–H and O–H groups in total. The van der Waals surface area contributed by atoms with Crippen molar-refractivity contribution in [2.75, 3.05) is 6.61 Å². The first-order valence-electron chi connectivity index (χ1n) is 12.1. The summed E-state index contributed by atoms with van der Waals surface area (Å²) in [5, 5.41) is 0. The Hall–Kier alpha value is -4.36.